The molecule has 0 aromatic carbocycles. The summed E-state index contributed by atoms with van der Waals surface area (Å²) in [5.41, 5.74) is 4.67. The number of carbonyl (C=O) groups excluding carboxylic acids is 1. The maximum Gasteiger partial charge on any atom is 0.239 e. The third-order valence-electron chi connectivity index (χ3n) is 3.39. The predicted molar refractivity (Wildman–Crippen MR) is 70.3 cm³/mol. The summed E-state index contributed by atoms with van der Waals surface area (Å²) in [6, 6.07) is 0. The van der Waals surface area contributed by atoms with E-state index in [1.165, 1.54) is 0 Å². The normalized spacial score (nSPS) is 20.6. The van der Waals surface area contributed by atoms with E-state index < -0.39 is 5.54 Å². The smallest absolute Gasteiger partial charge is 0.239 e. The molecule has 1 amide bonds. The molecule has 1 heterocycles. The zero-order valence-corrected chi connectivity index (χ0v) is 11.5. The third kappa shape index (κ3) is 4.92. The van der Waals surface area contributed by atoms with Crippen LogP contribution in [0.5, 0.6) is 0 Å². The summed E-state index contributed by atoms with van der Waals surface area (Å²) in [4.78, 5) is 11.5. The summed E-state index contributed by atoms with van der Waals surface area (Å²) in [6.45, 7) is 7.26. The average Bonchev–Trinajstić information content (AvgIpc) is 2.37. The Morgan fingerprint density at radius 1 is 1.50 bits per heavy atom. The van der Waals surface area contributed by atoms with Gasteiger partial charge < -0.3 is 20.5 Å². The molecule has 1 rings (SSSR count). The number of ether oxygens (including phenoxy) is 2. The fourth-order valence-electron chi connectivity index (χ4n) is 1.95. The van der Waals surface area contributed by atoms with Crippen molar-refractivity contribution in [2.45, 2.75) is 38.6 Å². The quantitative estimate of drug-likeness (QED) is 0.671. The Morgan fingerprint density at radius 2 is 2.17 bits per heavy atom. The van der Waals surface area contributed by atoms with Crippen molar-refractivity contribution in [1.82, 2.24) is 5.32 Å². The average molecular weight is 258 g/mol. The van der Waals surface area contributed by atoms with Gasteiger partial charge in [0.25, 0.3) is 0 Å². The van der Waals surface area contributed by atoms with Crippen LogP contribution in [0.3, 0.4) is 0 Å². The van der Waals surface area contributed by atoms with Gasteiger partial charge in [-0.25, -0.2) is 0 Å². The van der Waals surface area contributed by atoms with Crippen LogP contribution in [0.4, 0.5) is 0 Å². The summed E-state index contributed by atoms with van der Waals surface area (Å²) in [5, 5.41) is 3.16. The van der Waals surface area contributed by atoms with Crippen molar-refractivity contribution in [2.24, 2.45) is 11.7 Å². The molecule has 1 saturated heterocycles. The van der Waals surface area contributed by atoms with Crippen LogP contribution in [-0.4, -0.2) is 44.4 Å². The minimum atomic E-state index is -0.763. The first kappa shape index (κ1) is 15.4. The van der Waals surface area contributed by atoms with Crippen LogP contribution in [0.25, 0.3) is 0 Å². The lowest BCUT2D eigenvalue weighted by molar-refractivity contribution is -0.126. The van der Waals surface area contributed by atoms with Crippen molar-refractivity contribution in [3.8, 4) is 0 Å². The number of hydrogen-bond donors (Lipinski definition) is 2. The van der Waals surface area contributed by atoms with E-state index in [2.05, 4.69) is 12.2 Å². The molecule has 18 heavy (non-hydrogen) atoms. The molecule has 106 valence electrons. The number of amides is 1. The molecule has 1 atom stereocenters. The second kappa shape index (κ2) is 7.71. The fraction of sp³-hybridized carbons (Fsp3) is 0.923. The van der Waals surface area contributed by atoms with Crippen molar-refractivity contribution in [1.29, 1.82) is 0 Å². The van der Waals surface area contributed by atoms with Crippen molar-refractivity contribution >= 4 is 5.91 Å². The van der Waals surface area contributed by atoms with Gasteiger partial charge in [-0.15, -0.1) is 0 Å². The lowest BCUT2D eigenvalue weighted by Gasteiger charge is -2.29. The fourth-order valence-corrected chi connectivity index (χ4v) is 1.95. The Bertz CT molecular complexity index is 255. The Labute approximate surface area is 109 Å². The third-order valence-corrected chi connectivity index (χ3v) is 3.39. The zero-order chi connectivity index (χ0) is 13.4. The summed E-state index contributed by atoms with van der Waals surface area (Å²) < 4.78 is 11.0. The van der Waals surface area contributed by atoms with Gasteiger partial charge >= 0.3 is 0 Å². The van der Waals surface area contributed by atoms with Crippen molar-refractivity contribution in [2.75, 3.05) is 33.0 Å². The number of carbonyl (C=O) groups is 1. The van der Waals surface area contributed by atoms with Gasteiger partial charge in [-0.1, -0.05) is 6.92 Å². The topological polar surface area (TPSA) is 73.6 Å². The van der Waals surface area contributed by atoms with Gasteiger partial charge in [-0.05, 0) is 38.6 Å². The first-order chi connectivity index (χ1) is 8.58. The van der Waals surface area contributed by atoms with Gasteiger partial charge in [0, 0.05) is 19.8 Å². The molecule has 0 aromatic heterocycles. The molecule has 0 radical (unpaired) electrons. The molecule has 1 aliphatic heterocycles. The minimum absolute atomic E-state index is 0.333. The lowest BCUT2D eigenvalue weighted by atomic mass is 10.0. The summed E-state index contributed by atoms with van der Waals surface area (Å²) in [7, 11) is 0. The molecule has 5 heteroatoms. The van der Waals surface area contributed by atoms with Crippen LogP contribution in [0, 0.1) is 5.92 Å². The van der Waals surface area contributed by atoms with E-state index in [1.54, 1.807) is 6.92 Å². The van der Waals surface area contributed by atoms with Crippen LogP contribution < -0.4 is 11.1 Å². The molecular weight excluding hydrogens is 232 g/mol. The molecule has 5 nitrogen and oxygen atoms in total. The van der Waals surface area contributed by atoms with E-state index in [4.69, 9.17) is 15.2 Å². The molecule has 0 bridgehead atoms. The van der Waals surface area contributed by atoms with Crippen molar-refractivity contribution in [3.05, 3.63) is 0 Å². The molecule has 1 unspecified atom stereocenters. The molecular formula is C13H26N2O3. The van der Waals surface area contributed by atoms with Crippen LogP contribution in [0.1, 0.15) is 33.1 Å². The molecule has 3 N–H and O–H groups in total. The van der Waals surface area contributed by atoms with Crippen molar-refractivity contribution in [3.63, 3.8) is 0 Å². The number of hydrogen-bond acceptors (Lipinski definition) is 4. The number of primary amides is 1. The highest BCUT2D eigenvalue weighted by atomic mass is 16.5. The predicted octanol–water partition coefficient (Wildman–Crippen LogP) is 0.673. The zero-order valence-electron chi connectivity index (χ0n) is 11.5. The summed E-state index contributed by atoms with van der Waals surface area (Å²) in [5.74, 6) is 0.185. The van der Waals surface area contributed by atoms with E-state index in [0.717, 1.165) is 39.0 Å². The van der Waals surface area contributed by atoms with E-state index in [0.29, 0.717) is 19.1 Å². The first-order valence-electron chi connectivity index (χ1n) is 6.79. The summed E-state index contributed by atoms with van der Waals surface area (Å²) >= 11 is 0. The number of nitrogens with two attached hydrogens (primary N) is 1. The van der Waals surface area contributed by atoms with Gasteiger partial charge in [0.2, 0.25) is 5.91 Å². The highest BCUT2D eigenvalue weighted by Crippen LogP contribution is 2.15. The highest BCUT2D eigenvalue weighted by molar-refractivity contribution is 5.84. The maximum atomic E-state index is 11.5. The number of nitrogens with one attached hydrogen (secondary N) is 1. The van der Waals surface area contributed by atoms with Gasteiger partial charge in [0.15, 0.2) is 0 Å². The van der Waals surface area contributed by atoms with E-state index in [9.17, 15) is 4.79 Å². The Morgan fingerprint density at radius 3 is 2.72 bits per heavy atom. The monoisotopic (exact) mass is 258 g/mol. The molecule has 1 aliphatic rings. The standard InChI is InChI=1S/C13H26N2O3/c1-3-6-15-13(2,12(14)16)10-18-9-11-4-7-17-8-5-11/h11,15H,3-10H2,1-2H3,(H2,14,16). The van der Waals surface area contributed by atoms with Crippen LogP contribution in [-0.2, 0) is 14.3 Å². The highest BCUT2D eigenvalue weighted by Gasteiger charge is 2.30. The van der Waals surface area contributed by atoms with E-state index in [1.807, 2.05) is 0 Å². The second-order valence-corrected chi connectivity index (χ2v) is 5.19. The first-order valence-corrected chi connectivity index (χ1v) is 6.79. The molecule has 0 aliphatic carbocycles. The van der Waals surface area contributed by atoms with Crippen LogP contribution in [0.15, 0.2) is 0 Å². The Hall–Kier alpha value is -0.650. The van der Waals surface area contributed by atoms with Crippen LogP contribution >= 0.6 is 0 Å². The van der Waals surface area contributed by atoms with Gasteiger partial charge in [0.05, 0.1) is 6.61 Å². The Balaban J connectivity index is 2.30. The molecule has 0 aromatic rings. The summed E-state index contributed by atoms with van der Waals surface area (Å²) in [6.07, 6.45) is 3.04. The van der Waals surface area contributed by atoms with Gasteiger partial charge in [-0.2, -0.15) is 0 Å². The molecule has 1 fully saturated rings. The molecule has 0 spiro atoms. The van der Waals surface area contributed by atoms with E-state index in [-0.39, 0.29) is 5.91 Å². The Kier molecular flexibility index (Phi) is 6.60. The maximum absolute atomic E-state index is 11.5. The SMILES string of the molecule is CCCNC(C)(COCC1CCOCC1)C(N)=O. The van der Waals surface area contributed by atoms with Crippen molar-refractivity contribution < 1.29 is 14.3 Å². The number of rotatable bonds is 8. The molecule has 0 saturated carbocycles. The van der Waals surface area contributed by atoms with Gasteiger partial charge in [0.1, 0.15) is 5.54 Å². The van der Waals surface area contributed by atoms with E-state index >= 15 is 0 Å². The largest absolute Gasteiger partial charge is 0.381 e. The minimum Gasteiger partial charge on any atom is -0.381 e. The van der Waals surface area contributed by atoms with Crippen LogP contribution in [0.2, 0.25) is 0 Å². The lowest BCUT2D eigenvalue weighted by Crippen LogP contribution is -2.56. The van der Waals surface area contributed by atoms with Gasteiger partial charge in [-0.3, -0.25) is 4.79 Å². The second-order valence-electron chi connectivity index (χ2n) is 5.19.